The number of aliphatic hydroxyl groups excluding tert-OH is 1. The Morgan fingerprint density at radius 3 is 2.75 bits per heavy atom. The third kappa shape index (κ3) is 3.70. The Balaban J connectivity index is 2.10. The van der Waals surface area contributed by atoms with Gasteiger partial charge in [0.2, 0.25) is 0 Å². The molecule has 1 aromatic rings. The van der Waals surface area contributed by atoms with Crippen LogP contribution in [0.25, 0.3) is 0 Å². The number of anilines is 1. The molecular formula is C16H25FN2O. The van der Waals surface area contributed by atoms with E-state index in [2.05, 4.69) is 26.1 Å². The highest BCUT2D eigenvalue weighted by Gasteiger charge is 2.26. The highest BCUT2D eigenvalue weighted by atomic mass is 19.1. The standard InChI is InChI=1S/C16H25FN2O/c1-16(2,3)18-10-12-6-7-15(14(17)9-12)19-8-4-5-13(19)11-20/h6-7,9,13,18,20H,4-5,8,10-11H2,1-3H3. The average molecular weight is 280 g/mol. The Bertz CT molecular complexity index is 456. The van der Waals surface area contributed by atoms with Crippen LogP contribution in [0.15, 0.2) is 18.2 Å². The molecule has 0 amide bonds. The van der Waals surface area contributed by atoms with Gasteiger partial charge in [-0.1, -0.05) is 6.07 Å². The van der Waals surface area contributed by atoms with E-state index in [-0.39, 0.29) is 24.0 Å². The second-order valence-corrected chi connectivity index (χ2v) is 6.56. The van der Waals surface area contributed by atoms with Crippen molar-refractivity contribution in [2.45, 2.75) is 51.7 Å². The van der Waals surface area contributed by atoms with Crippen molar-refractivity contribution in [3.05, 3.63) is 29.6 Å². The van der Waals surface area contributed by atoms with Crippen molar-refractivity contribution >= 4 is 5.69 Å². The summed E-state index contributed by atoms with van der Waals surface area (Å²) in [5, 5.41) is 12.7. The Morgan fingerprint density at radius 1 is 1.40 bits per heavy atom. The van der Waals surface area contributed by atoms with Gasteiger partial charge < -0.3 is 15.3 Å². The highest BCUT2D eigenvalue weighted by Crippen LogP contribution is 2.28. The lowest BCUT2D eigenvalue weighted by atomic mass is 10.1. The fraction of sp³-hybridized carbons (Fsp3) is 0.625. The maximum atomic E-state index is 14.3. The van der Waals surface area contributed by atoms with Gasteiger partial charge in [-0.05, 0) is 51.3 Å². The molecular weight excluding hydrogens is 255 g/mol. The molecule has 1 heterocycles. The van der Waals surface area contributed by atoms with E-state index >= 15 is 0 Å². The number of nitrogens with zero attached hydrogens (tertiary/aromatic N) is 1. The number of hydrogen-bond acceptors (Lipinski definition) is 3. The summed E-state index contributed by atoms with van der Waals surface area (Å²) in [6.45, 7) is 7.84. The highest BCUT2D eigenvalue weighted by molar-refractivity contribution is 5.51. The number of benzene rings is 1. The lowest BCUT2D eigenvalue weighted by Gasteiger charge is -2.26. The van der Waals surface area contributed by atoms with Gasteiger partial charge in [0.05, 0.1) is 18.3 Å². The van der Waals surface area contributed by atoms with Gasteiger partial charge in [0.25, 0.3) is 0 Å². The summed E-state index contributed by atoms with van der Waals surface area (Å²) >= 11 is 0. The van der Waals surface area contributed by atoms with E-state index in [1.807, 2.05) is 17.0 Å². The molecule has 20 heavy (non-hydrogen) atoms. The zero-order valence-corrected chi connectivity index (χ0v) is 12.6. The largest absolute Gasteiger partial charge is 0.394 e. The van der Waals surface area contributed by atoms with Gasteiger partial charge >= 0.3 is 0 Å². The Morgan fingerprint density at radius 2 is 2.15 bits per heavy atom. The number of aliphatic hydroxyl groups is 1. The van der Waals surface area contributed by atoms with Crippen LogP contribution in [0, 0.1) is 5.82 Å². The van der Waals surface area contributed by atoms with Gasteiger partial charge in [0.15, 0.2) is 0 Å². The summed E-state index contributed by atoms with van der Waals surface area (Å²) in [6, 6.07) is 5.45. The third-order valence-electron chi connectivity index (χ3n) is 3.73. The molecule has 2 N–H and O–H groups in total. The van der Waals surface area contributed by atoms with E-state index in [9.17, 15) is 9.50 Å². The quantitative estimate of drug-likeness (QED) is 0.890. The molecule has 2 rings (SSSR count). The van der Waals surface area contributed by atoms with Gasteiger partial charge in [-0.25, -0.2) is 4.39 Å². The van der Waals surface area contributed by atoms with E-state index in [0.29, 0.717) is 12.2 Å². The molecule has 1 saturated heterocycles. The minimum absolute atomic E-state index is 0.0199. The molecule has 1 aliphatic rings. The van der Waals surface area contributed by atoms with Crippen LogP contribution < -0.4 is 10.2 Å². The van der Waals surface area contributed by atoms with Gasteiger partial charge in [-0.3, -0.25) is 0 Å². The summed E-state index contributed by atoms with van der Waals surface area (Å²) in [7, 11) is 0. The first-order valence-corrected chi connectivity index (χ1v) is 7.31. The SMILES string of the molecule is CC(C)(C)NCc1ccc(N2CCCC2CO)c(F)c1. The topological polar surface area (TPSA) is 35.5 Å². The number of nitrogens with one attached hydrogen (secondary N) is 1. The van der Waals surface area contributed by atoms with E-state index in [4.69, 9.17) is 0 Å². The van der Waals surface area contributed by atoms with Gasteiger partial charge in [0.1, 0.15) is 5.82 Å². The molecule has 0 bridgehead atoms. The lowest BCUT2D eigenvalue weighted by Crippen LogP contribution is -2.35. The molecule has 1 atom stereocenters. The summed E-state index contributed by atoms with van der Waals surface area (Å²) < 4.78 is 14.3. The van der Waals surface area contributed by atoms with Gasteiger partial charge in [0, 0.05) is 18.6 Å². The summed E-state index contributed by atoms with van der Waals surface area (Å²) in [5.74, 6) is -0.196. The first-order chi connectivity index (χ1) is 9.40. The predicted octanol–water partition coefficient (Wildman–Crippen LogP) is 2.67. The molecule has 0 aliphatic carbocycles. The smallest absolute Gasteiger partial charge is 0.146 e. The van der Waals surface area contributed by atoms with Crippen molar-refractivity contribution in [1.29, 1.82) is 0 Å². The molecule has 1 fully saturated rings. The van der Waals surface area contributed by atoms with Gasteiger partial charge in [-0.2, -0.15) is 0 Å². The molecule has 0 radical (unpaired) electrons. The summed E-state index contributed by atoms with van der Waals surface area (Å²) in [4.78, 5) is 1.98. The predicted molar refractivity (Wildman–Crippen MR) is 80.4 cm³/mol. The molecule has 3 nitrogen and oxygen atoms in total. The molecule has 112 valence electrons. The number of hydrogen-bond donors (Lipinski definition) is 2. The van der Waals surface area contributed by atoms with E-state index < -0.39 is 0 Å². The van der Waals surface area contributed by atoms with Crippen molar-refractivity contribution in [2.24, 2.45) is 0 Å². The minimum Gasteiger partial charge on any atom is -0.394 e. The summed E-state index contributed by atoms with van der Waals surface area (Å²) in [6.07, 6.45) is 1.95. The van der Waals surface area contributed by atoms with Gasteiger partial charge in [-0.15, -0.1) is 0 Å². The Hall–Kier alpha value is -1.13. The summed E-state index contributed by atoms with van der Waals surface area (Å²) in [5.41, 5.74) is 1.58. The van der Waals surface area contributed by atoms with E-state index in [1.54, 1.807) is 6.07 Å². The van der Waals surface area contributed by atoms with Crippen LogP contribution in [-0.2, 0) is 6.54 Å². The number of rotatable bonds is 4. The Kier molecular flexibility index (Phi) is 4.66. The van der Waals surface area contributed by atoms with Crippen LogP contribution in [0.3, 0.4) is 0 Å². The van der Waals surface area contributed by atoms with Crippen LogP contribution in [0.4, 0.5) is 10.1 Å². The normalized spacial score (nSPS) is 19.6. The molecule has 1 unspecified atom stereocenters. The first kappa shape index (κ1) is 15.3. The molecule has 0 aromatic heterocycles. The van der Waals surface area contributed by atoms with E-state index in [1.165, 1.54) is 0 Å². The lowest BCUT2D eigenvalue weighted by molar-refractivity contribution is 0.266. The molecule has 4 heteroatoms. The zero-order valence-electron chi connectivity index (χ0n) is 12.6. The van der Waals surface area contributed by atoms with Crippen LogP contribution in [0.1, 0.15) is 39.2 Å². The number of halogens is 1. The zero-order chi connectivity index (χ0) is 14.8. The Labute approximate surface area is 120 Å². The van der Waals surface area contributed by atoms with Crippen LogP contribution in [0.2, 0.25) is 0 Å². The van der Waals surface area contributed by atoms with Crippen LogP contribution in [0.5, 0.6) is 0 Å². The van der Waals surface area contributed by atoms with Crippen LogP contribution >= 0.6 is 0 Å². The van der Waals surface area contributed by atoms with Crippen LogP contribution in [-0.4, -0.2) is 29.8 Å². The molecule has 1 aliphatic heterocycles. The van der Waals surface area contributed by atoms with Crippen molar-refractivity contribution in [1.82, 2.24) is 5.32 Å². The monoisotopic (exact) mass is 280 g/mol. The second kappa shape index (κ2) is 6.10. The van der Waals surface area contributed by atoms with Crippen molar-refractivity contribution in [3.8, 4) is 0 Å². The maximum absolute atomic E-state index is 14.3. The van der Waals surface area contributed by atoms with Crippen molar-refractivity contribution < 1.29 is 9.50 Å². The fourth-order valence-electron chi connectivity index (χ4n) is 2.60. The second-order valence-electron chi connectivity index (χ2n) is 6.56. The third-order valence-corrected chi connectivity index (χ3v) is 3.73. The van der Waals surface area contributed by atoms with E-state index in [0.717, 1.165) is 24.9 Å². The molecule has 0 spiro atoms. The minimum atomic E-state index is -0.196. The average Bonchev–Trinajstić information content (AvgIpc) is 2.83. The first-order valence-electron chi connectivity index (χ1n) is 7.31. The maximum Gasteiger partial charge on any atom is 0.146 e. The molecule has 0 saturated carbocycles. The van der Waals surface area contributed by atoms with Crippen molar-refractivity contribution in [2.75, 3.05) is 18.1 Å². The van der Waals surface area contributed by atoms with Crippen molar-refractivity contribution in [3.63, 3.8) is 0 Å². The molecule has 1 aromatic carbocycles. The fourth-order valence-corrected chi connectivity index (χ4v) is 2.60.